The standard InChI is InChI=1S/C14H22N2O3/c1-11(2)10-16(7-8-19-4)14(18)12-5-6-15(3)13(17)9-12/h5-6,9,11H,7-8,10H2,1-4H3. The molecule has 1 rings (SSSR count). The molecule has 5 nitrogen and oxygen atoms in total. The van der Waals surface area contributed by atoms with Crippen LogP contribution < -0.4 is 5.56 Å². The molecular weight excluding hydrogens is 244 g/mol. The zero-order valence-corrected chi connectivity index (χ0v) is 12.0. The topological polar surface area (TPSA) is 51.5 Å². The van der Waals surface area contributed by atoms with Crippen molar-refractivity contribution in [1.82, 2.24) is 9.47 Å². The molecule has 0 saturated carbocycles. The molecule has 0 atom stereocenters. The summed E-state index contributed by atoms with van der Waals surface area (Å²) < 4.78 is 6.47. The summed E-state index contributed by atoms with van der Waals surface area (Å²) in [5, 5.41) is 0. The highest BCUT2D eigenvalue weighted by Crippen LogP contribution is 2.06. The van der Waals surface area contributed by atoms with Crippen molar-refractivity contribution in [2.24, 2.45) is 13.0 Å². The minimum Gasteiger partial charge on any atom is -0.383 e. The lowest BCUT2D eigenvalue weighted by atomic mass is 10.1. The average Bonchev–Trinajstić information content (AvgIpc) is 2.36. The van der Waals surface area contributed by atoms with Gasteiger partial charge in [0.15, 0.2) is 0 Å². The van der Waals surface area contributed by atoms with Crippen LogP contribution in [0, 0.1) is 5.92 Å². The van der Waals surface area contributed by atoms with E-state index < -0.39 is 0 Å². The van der Waals surface area contributed by atoms with E-state index in [1.807, 2.05) is 0 Å². The Morgan fingerprint density at radius 2 is 2.16 bits per heavy atom. The third kappa shape index (κ3) is 4.52. The number of hydrogen-bond donors (Lipinski definition) is 0. The van der Waals surface area contributed by atoms with Gasteiger partial charge in [0.05, 0.1) is 6.61 Å². The highest BCUT2D eigenvalue weighted by atomic mass is 16.5. The number of amides is 1. The molecule has 1 heterocycles. The third-order valence-corrected chi connectivity index (χ3v) is 2.79. The molecule has 0 unspecified atom stereocenters. The van der Waals surface area contributed by atoms with Crippen molar-refractivity contribution in [3.8, 4) is 0 Å². The molecule has 106 valence electrons. The number of nitrogens with zero attached hydrogens (tertiary/aromatic N) is 2. The maximum Gasteiger partial charge on any atom is 0.254 e. The molecular formula is C14H22N2O3. The van der Waals surface area contributed by atoms with E-state index in [0.29, 0.717) is 31.2 Å². The summed E-state index contributed by atoms with van der Waals surface area (Å²) in [6, 6.07) is 3.05. The Bertz CT molecular complexity index is 480. The molecule has 0 saturated heterocycles. The lowest BCUT2D eigenvalue weighted by molar-refractivity contribution is 0.0672. The second kappa shape index (κ2) is 7.09. The van der Waals surface area contributed by atoms with Crippen molar-refractivity contribution >= 4 is 5.91 Å². The Balaban J connectivity index is 2.90. The van der Waals surface area contributed by atoms with Crippen LogP contribution in [0.4, 0.5) is 0 Å². The number of hydrogen-bond acceptors (Lipinski definition) is 3. The van der Waals surface area contributed by atoms with Crippen LogP contribution in [0.3, 0.4) is 0 Å². The maximum atomic E-state index is 12.4. The van der Waals surface area contributed by atoms with Crippen LogP contribution in [0.5, 0.6) is 0 Å². The van der Waals surface area contributed by atoms with Crippen LogP contribution in [-0.4, -0.2) is 42.2 Å². The number of pyridine rings is 1. The van der Waals surface area contributed by atoms with Gasteiger partial charge in [-0.2, -0.15) is 0 Å². The van der Waals surface area contributed by atoms with E-state index >= 15 is 0 Å². The molecule has 1 amide bonds. The van der Waals surface area contributed by atoms with Crippen molar-refractivity contribution in [1.29, 1.82) is 0 Å². The molecule has 1 aromatic heterocycles. The molecule has 0 aliphatic rings. The Hall–Kier alpha value is -1.62. The lowest BCUT2D eigenvalue weighted by Crippen LogP contribution is -2.37. The Morgan fingerprint density at radius 3 is 2.68 bits per heavy atom. The second-order valence-corrected chi connectivity index (χ2v) is 5.00. The predicted molar refractivity (Wildman–Crippen MR) is 74.3 cm³/mol. The summed E-state index contributed by atoms with van der Waals surface area (Å²) in [5.41, 5.74) is 0.252. The van der Waals surface area contributed by atoms with Gasteiger partial charge >= 0.3 is 0 Å². The molecule has 0 aliphatic heterocycles. The number of aryl methyl sites for hydroxylation is 1. The van der Waals surface area contributed by atoms with E-state index in [1.54, 1.807) is 31.3 Å². The van der Waals surface area contributed by atoms with Gasteiger partial charge in [0.1, 0.15) is 0 Å². The lowest BCUT2D eigenvalue weighted by Gasteiger charge is -2.24. The van der Waals surface area contributed by atoms with E-state index in [2.05, 4.69) is 13.8 Å². The van der Waals surface area contributed by atoms with Crippen LogP contribution in [-0.2, 0) is 11.8 Å². The number of rotatable bonds is 6. The molecule has 0 bridgehead atoms. The van der Waals surface area contributed by atoms with E-state index in [1.165, 1.54) is 10.6 Å². The van der Waals surface area contributed by atoms with Crippen molar-refractivity contribution in [3.63, 3.8) is 0 Å². The second-order valence-electron chi connectivity index (χ2n) is 5.00. The summed E-state index contributed by atoms with van der Waals surface area (Å²) in [4.78, 5) is 25.7. The minimum atomic E-state index is -0.179. The number of methoxy groups -OCH3 is 1. The van der Waals surface area contributed by atoms with Crippen LogP contribution in [0.25, 0.3) is 0 Å². The molecule has 19 heavy (non-hydrogen) atoms. The fourth-order valence-electron chi connectivity index (χ4n) is 1.78. The monoisotopic (exact) mass is 266 g/mol. The molecule has 0 N–H and O–H groups in total. The van der Waals surface area contributed by atoms with Crippen molar-refractivity contribution in [2.45, 2.75) is 13.8 Å². The summed E-state index contributed by atoms with van der Waals surface area (Å²) >= 11 is 0. The van der Waals surface area contributed by atoms with E-state index in [4.69, 9.17) is 4.74 Å². The average molecular weight is 266 g/mol. The summed E-state index contributed by atoms with van der Waals surface area (Å²) in [5.74, 6) is 0.246. The number of carbonyl (C=O) groups excluding carboxylic acids is 1. The fraction of sp³-hybridized carbons (Fsp3) is 0.571. The Morgan fingerprint density at radius 1 is 1.47 bits per heavy atom. The summed E-state index contributed by atoms with van der Waals surface area (Å²) in [7, 11) is 3.27. The molecule has 0 aromatic carbocycles. The van der Waals surface area contributed by atoms with E-state index in [-0.39, 0.29) is 11.5 Å². The highest BCUT2D eigenvalue weighted by molar-refractivity contribution is 5.94. The van der Waals surface area contributed by atoms with Crippen LogP contribution >= 0.6 is 0 Å². The van der Waals surface area contributed by atoms with Crippen molar-refractivity contribution in [3.05, 3.63) is 34.2 Å². The van der Waals surface area contributed by atoms with Gasteiger partial charge in [-0.25, -0.2) is 0 Å². The van der Waals surface area contributed by atoms with Gasteiger partial charge in [-0.3, -0.25) is 9.59 Å². The molecule has 1 aromatic rings. The van der Waals surface area contributed by atoms with E-state index in [9.17, 15) is 9.59 Å². The van der Waals surface area contributed by atoms with Crippen LogP contribution in [0.15, 0.2) is 23.1 Å². The normalized spacial score (nSPS) is 10.8. The minimum absolute atomic E-state index is 0.122. The van der Waals surface area contributed by atoms with Gasteiger partial charge in [-0.1, -0.05) is 13.8 Å². The largest absolute Gasteiger partial charge is 0.383 e. The number of ether oxygens (including phenoxy) is 1. The highest BCUT2D eigenvalue weighted by Gasteiger charge is 2.17. The first-order valence-corrected chi connectivity index (χ1v) is 6.40. The maximum absolute atomic E-state index is 12.4. The first-order chi connectivity index (χ1) is 8.95. The first-order valence-electron chi connectivity index (χ1n) is 6.40. The van der Waals surface area contributed by atoms with Gasteiger partial charge in [-0.15, -0.1) is 0 Å². The summed E-state index contributed by atoms with van der Waals surface area (Å²) in [6.45, 7) is 5.78. The molecule has 0 radical (unpaired) electrons. The molecule has 0 aliphatic carbocycles. The number of aromatic nitrogens is 1. The fourth-order valence-corrected chi connectivity index (χ4v) is 1.78. The Kier molecular flexibility index (Phi) is 5.76. The Labute approximate surface area is 113 Å². The van der Waals surface area contributed by atoms with Crippen LogP contribution in [0.2, 0.25) is 0 Å². The zero-order chi connectivity index (χ0) is 14.4. The first kappa shape index (κ1) is 15.4. The van der Waals surface area contributed by atoms with Crippen molar-refractivity contribution in [2.75, 3.05) is 26.8 Å². The SMILES string of the molecule is COCCN(CC(C)C)C(=O)c1ccn(C)c(=O)c1. The van der Waals surface area contributed by atoms with Gasteiger partial charge in [0, 0.05) is 45.1 Å². The third-order valence-electron chi connectivity index (χ3n) is 2.79. The number of carbonyl (C=O) groups is 1. The smallest absolute Gasteiger partial charge is 0.254 e. The van der Waals surface area contributed by atoms with E-state index in [0.717, 1.165) is 0 Å². The van der Waals surface area contributed by atoms with Gasteiger partial charge in [-0.05, 0) is 12.0 Å². The van der Waals surface area contributed by atoms with Crippen LogP contribution in [0.1, 0.15) is 24.2 Å². The molecule has 5 heteroatoms. The molecule has 0 spiro atoms. The zero-order valence-electron chi connectivity index (χ0n) is 12.0. The van der Waals surface area contributed by atoms with Gasteiger partial charge in [0.25, 0.3) is 11.5 Å². The predicted octanol–water partition coefficient (Wildman–Crippen LogP) is 1.13. The van der Waals surface area contributed by atoms with Gasteiger partial charge in [0.2, 0.25) is 0 Å². The quantitative estimate of drug-likeness (QED) is 0.775. The van der Waals surface area contributed by atoms with Gasteiger partial charge < -0.3 is 14.2 Å². The van der Waals surface area contributed by atoms with Crippen molar-refractivity contribution < 1.29 is 9.53 Å². The summed E-state index contributed by atoms with van der Waals surface area (Å²) in [6.07, 6.45) is 1.61. The molecule has 0 fully saturated rings.